The molecule has 0 unspecified atom stereocenters. The van der Waals surface area contributed by atoms with E-state index in [1.165, 1.54) is 35.6 Å². The number of carbonyl (C=O) groups excluding carboxylic acids is 2. The Kier molecular flexibility index (Phi) is 9.65. The number of alkyl halides is 2. The van der Waals surface area contributed by atoms with Crippen LogP contribution in [-0.4, -0.2) is 52.7 Å². The third-order valence-corrected chi connectivity index (χ3v) is 9.55. The molecule has 2 aromatic heterocycles. The van der Waals surface area contributed by atoms with E-state index in [1.807, 2.05) is 24.0 Å². The molecule has 0 saturated carbocycles. The maximum Gasteiger partial charge on any atom is 0.373 e. The summed E-state index contributed by atoms with van der Waals surface area (Å²) in [6.45, 7) is -0.713. The van der Waals surface area contributed by atoms with Gasteiger partial charge in [0.1, 0.15) is 11.9 Å². The van der Waals surface area contributed by atoms with E-state index in [-0.39, 0.29) is 35.6 Å². The van der Waals surface area contributed by atoms with Crippen molar-refractivity contribution in [3.63, 3.8) is 0 Å². The van der Waals surface area contributed by atoms with Gasteiger partial charge in [0.2, 0.25) is 10.0 Å². The number of thiazole rings is 1. The zero-order valence-electron chi connectivity index (χ0n) is 23.4. The second kappa shape index (κ2) is 13.5. The zero-order chi connectivity index (χ0) is 32.3. The summed E-state index contributed by atoms with van der Waals surface area (Å²) in [5, 5.41) is 6.59. The van der Waals surface area contributed by atoms with Gasteiger partial charge in [0.05, 0.1) is 11.4 Å². The molecule has 234 valence electrons. The number of amidine groups is 1. The second-order valence-electron chi connectivity index (χ2n) is 10.1. The number of rotatable bonds is 8. The smallest absolute Gasteiger partial charge is 0.326 e. The van der Waals surface area contributed by atoms with Gasteiger partial charge in [0.25, 0.3) is 0 Å². The number of nitrogens with one attached hydrogen (secondary N) is 1. The number of halogens is 4. The van der Waals surface area contributed by atoms with Gasteiger partial charge >= 0.3 is 12.7 Å². The van der Waals surface area contributed by atoms with Crippen molar-refractivity contribution >= 4 is 50.5 Å². The normalized spacial score (nSPS) is 17.9. The first-order chi connectivity index (χ1) is 21.5. The fraction of sp³-hybridized carbons (Fsp3) is 0.241. The Morgan fingerprint density at radius 1 is 1.16 bits per heavy atom. The molecule has 45 heavy (non-hydrogen) atoms. The lowest BCUT2D eigenvalue weighted by molar-refractivity contribution is -0.191. The molecular formula is C29H24ClF3N6O4S2. The average Bonchev–Trinajstić information content (AvgIpc) is 3.75. The van der Waals surface area contributed by atoms with Crippen molar-refractivity contribution in [1.82, 2.24) is 24.4 Å². The van der Waals surface area contributed by atoms with Crippen LogP contribution in [0.4, 0.5) is 13.2 Å². The van der Waals surface area contributed by atoms with Crippen LogP contribution in [0.1, 0.15) is 46.4 Å². The Labute approximate surface area is 264 Å². The van der Waals surface area contributed by atoms with Gasteiger partial charge in [0.15, 0.2) is 10.8 Å². The number of nitrogens with zero attached hydrogens (tertiary/aromatic N) is 5. The number of hydrogen-bond acceptors (Lipinski definition) is 9. The molecule has 4 aromatic rings. The van der Waals surface area contributed by atoms with Crippen molar-refractivity contribution in [1.29, 1.82) is 0 Å². The van der Waals surface area contributed by atoms with Crippen molar-refractivity contribution in [2.45, 2.75) is 37.7 Å². The lowest BCUT2D eigenvalue weighted by atomic mass is 9.92. The molecule has 0 bridgehead atoms. The van der Waals surface area contributed by atoms with Crippen molar-refractivity contribution in [2.75, 3.05) is 6.54 Å². The van der Waals surface area contributed by atoms with E-state index in [0.29, 0.717) is 37.9 Å². The molecule has 1 N–H and O–H groups in total. The van der Waals surface area contributed by atoms with Crippen LogP contribution in [0.2, 0.25) is 5.02 Å². The number of sulfonamides is 1. The summed E-state index contributed by atoms with van der Waals surface area (Å²) in [4.78, 5) is 27.5. The SMILES string of the molecule is Cc1ccc(CS(=O)(=O)N[C@H]2CC3=C(c4ccn(C(F)F)n4)[C@H](c4ccc(F)cc4Cl)N=C(c4nccs4)N3C2)cc1.O=C=O. The Balaban J connectivity index is 0.00000128. The molecule has 1 fully saturated rings. The summed E-state index contributed by atoms with van der Waals surface area (Å²) in [5.41, 5.74) is 3.47. The van der Waals surface area contributed by atoms with Crippen LogP contribution in [0.15, 0.2) is 77.0 Å². The number of aromatic nitrogens is 3. The van der Waals surface area contributed by atoms with E-state index in [2.05, 4.69) is 14.8 Å². The van der Waals surface area contributed by atoms with E-state index >= 15 is 0 Å². The van der Waals surface area contributed by atoms with Crippen molar-refractivity contribution in [2.24, 2.45) is 4.99 Å². The highest BCUT2D eigenvalue weighted by atomic mass is 35.5. The molecular weight excluding hydrogens is 653 g/mol. The van der Waals surface area contributed by atoms with E-state index < -0.39 is 34.5 Å². The molecule has 0 amide bonds. The first kappa shape index (κ1) is 32.3. The number of benzene rings is 2. The fourth-order valence-corrected chi connectivity index (χ4v) is 7.52. The molecule has 2 atom stereocenters. The number of aliphatic imine (C=N–C) groups is 1. The molecule has 16 heteroatoms. The molecule has 1 saturated heterocycles. The Morgan fingerprint density at radius 3 is 2.51 bits per heavy atom. The maximum atomic E-state index is 14.0. The van der Waals surface area contributed by atoms with Crippen molar-refractivity contribution < 1.29 is 31.2 Å². The zero-order valence-corrected chi connectivity index (χ0v) is 25.8. The topological polar surface area (TPSA) is 127 Å². The predicted octanol–water partition coefficient (Wildman–Crippen LogP) is 5.36. The van der Waals surface area contributed by atoms with E-state index in [0.717, 1.165) is 11.8 Å². The summed E-state index contributed by atoms with van der Waals surface area (Å²) in [6, 6.07) is 11.2. The van der Waals surface area contributed by atoms with Gasteiger partial charge in [-0.25, -0.2) is 27.2 Å². The molecule has 2 aliphatic rings. The fourth-order valence-electron chi connectivity index (χ4n) is 5.23. The third-order valence-electron chi connectivity index (χ3n) is 7.05. The van der Waals surface area contributed by atoms with Crippen LogP contribution >= 0.6 is 22.9 Å². The minimum atomic E-state index is -3.75. The van der Waals surface area contributed by atoms with E-state index in [9.17, 15) is 21.6 Å². The van der Waals surface area contributed by atoms with Crippen LogP contribution in [0.5, 0.6) is 0 Å². The van der Waals surface area contributed by atoms with Crippen molar-refractivity contribution in [3.8, 4) is 0 Å². The van der Waals surface area contributed by atoms with Gasteiger partial charge in [0, 0.05) is 58.6 Å². The molecule has 0 aliphatic carbocycles. The molecule has 2 aliphatic heterocycles. The first-order valence-electron chi connectivity index (χ1n) is 13.3. The van der Waals surface area contributed by atoms with Gasteiger partial charge in [-0.05, 0) is 30.7 Å². The van der Waals surface area contributed by atoms with Crippen LogP contribution in [0.25, 0.3) is 5.57 Å². The lowest BCUT2D eigenvalue weighted by Gasteiger charge is -2.32. The lowest BCUT2D eigenvalue weighted by Crippen LogP contribution is -2.39. The van der Waals surface area contributed by atoms with Crippen LogP contribution in [0, 0.1) is 12.7 Å². The van der Waals surface area contributed by atoms with Crippen LogP contribution < -0.4 is 4.72 Å². The summed E-state index contributed by atoms with van der Waals surface area (Å²) in [6.07, 6.45) is 3.27. The van der Waals surface area contributed by atoms with Gasteiger partial charge in [-0.1, -0.05) is 47.5 Å². The van der Waals surface area contributed by atoms with Gasteiger partial charge in [-0.2, -0.15) is 23.5 Å². The summed E-state index contributed by atoms with van der Waals surface area (Å²) in [5.74, 6) is -0.261. The maximum absolute atomic E-state index is 14.0. The summed E-state index contributed by atoms with van der Waals surface area (Å²) >= 11 is 7.84. The molecule has 6 rings (SSSR count). The van der Waals surface area contributed by atoms with E-state index in [4.69, 9.17) is 26.2 Å². The summed E-state index contributed by atoms with van der Waals surface area (Å²) in [7, 11) is -3.75. The molecule has 0 spiro atoms. The predicted molar refractivity (Wildman–Crippen MR) is 160 cm³/mol. The minimum absolute atomic E-state index is 0.107. The quantitative estimate of drug-likeness (QED) is 0.266. The number of hydrogen-bond donors (Lipinski definition) is 1. The van der Waals surface area contributed by atoms with Crippen molar-refractivity contribution in [3.05, 3.63) is 110 Å². The second-order valence-corrected chi connectivity index (χ2v) is 13.2. The monoisotopic (exact) mass is 676 g/mol. The average molecular weight is 677 g/mol. The number of fused-ring (bicyclic) bond motifs is 1. The van der Waals surface area contributed by atoms with Crippen LogP contribution in [0.3, 0.4) is 0 Å². The van der Waals surface area contributed by atoms with E-state index in [1.54, 1.807) is 23.7 Å². The molecule has 2 aromatic carbocycles. The first-order valence-corrected chi connectivity index (χ1v) is 16.2. The highest BCUT2D eigenvalue weighted by molar-refractivity contribution is 7.88. The molecule has 10 nitrogen and oxygen atoms in total. The minimum Gasteiger partial charge on any atom is -0.326 e. The summed E-state index contributed by atoms with van der Waals surface area (Å²) < 4.78 is 70.9. The van der Waals surface area contributed by atoms with Gasteiger partial charge in [-0.3, -0.25) is 4.99 Å². The Bertz CT molecular complexity index is 1890. The Hall–Kier alpha value is -4.14. The van der Waals surface area contributed by atoms with Gasteiger partial charge < -0.3 is 4.90 Å². The Morgan fingerprint density at radius 2 is 1.89 bits per heavy atom. The third kappa shape index (κ3) is 7.24. The van der Waals surface area contributed by atoms with Crippen LogP contribution in [-0.2, 0) is 25.4 Å². The molecule has 0 radical (unpaired) electrons. The molecule has 4 heterocycles. The highest BCUT2D eigenvalue weighted by Crippen LogP contribution is 2.46. The largest absolute Gasteiger partial charge is 0.373 e. The number of aryl methyl sites for hydroxylation is 1. The van der Waals surface area contributed by atoms with Gasteiger partial charge in [-0.15, -0.1) is 11.3 Å². The highest BCUT2D eigenvalue weighted by Gasteiger charge is 2.42. The standard InChI is InChI=1S/C28H24ClF3N6O2S2.CO2/c1-16-2-4-17(5-3-16)15-42(39,40)36-19-13-23-24(22-8-10-38(35-22)28(31)32)25(20-7-6-18(30)12-21(20)29)34-26(37(23)14-19)27-33-9-11-41-27;2-1-3/h2-12,19,25,28,36H,13-15H2,1H3;/t19-,25-;/m0./s1.